The number of carbonyl (C=O) groups is 1. The van der Waals surface area contributed by atoms with Crippen LogP contribution in [-0.2, 0) is 16.0 Å². The van der Waals surface area contributed by atoms with Gasteiger partial charge in [0, 0.05) is 19.7 Å². The molecular formula is C16H23N3O2. The van der Waals surface area contributed by atoms with Crippen LogP contribution in [0.2, 0.25) is 0 Å². The second-order valence-electron chi connectivity index (χ2n) is 5.70. The molecule has 3 rings (SSSR count). The molecule has 0 spiro atoms. The van der Waals surface area contributed by atoms with Crippen LogP contribution in [0, 0.1) is 0 Å². The first-order valence-electron chi connectivity index (χ1n) is 7.75. The fourth-order valence-corrected chi connectivity index (χ4v) is 3.00. The molecule has 2 aliphatic rings. The number of amides is 1. The first kappa shape index (κ1) is 14.5. The highest BCUT2D eigenvalue weighted by atomic mass is 16.5. The molecule has 1 aromatic rings. The van der Waals surface area contributed by atoms with Crippen molar-refractivity contribution in [2.75, 3.05) is 26.3 Å². The van der Waals surface area contributed by atoms with E-state index in [1.807, 2.05) is 23.1 Å². The van der Waals surface area contributed by atoms with Gasteiger partial charge in [-0.15, -0.1) is 0 Å². The smallest absolute Gasteiger partial charge is 0.241 e. The van der Waals surface area contributed by atoms with E-state index in [0.717, 1.165) is 39.0 Å². The van der Waals surface area contributed by atoms with Gasteiger partial charge in [-0.05, 0) is 24.8 Å². The predicted octanol–water partition coefficient (Wildman–Crippen LogP) is 0.713. The molecule has 1 amide bonds. The average molecular weight is 289 g/mol. The molecule has 5 heteroatoms. The summed E-state index contributed by atoms with van der Waals surface area (Å²) in [6.45, 7) is 3.04. The van der Waals surface area contributed by atoms with Gasteiger partial charge in [-0.1, -0.05) is 30.3 Å². The maximum Gasteiger partial charge on any atom is 0.241 e. The molecule has 0 aromatic heterocycles. The zero-order chi connectivity index (χ0) is 14.5. The highest BCUT2D eigenvalue weighted by Crippen LogP contribution is 2.16. The Morgan fingerprint density at radius 2 is 2.14 bits per heavy atom. The van der Waals surface area contributed by atoms with Crippen molar-refractivity contribution in [2.24, 2.45) is 0 Å². The lowest BCUT2D eigenvalue weighted by Gasteiger charge is -2.30. The molecule has 5 nitrogen and oxygen atoms in total. The first-order chi connectivity index (χ1) is 10.3. The van der Waals surface area contributed by atoms with Gasteiger partial charge in [0.05, 0.1) is 12.6 Å². The Kier molecular flexibility index (Phi) is 4.85. The summed E-state index contributed by atoms with van der Waals surface area (Å²) in [5.74, 6) is 0.200. The molecular weight excluding hydrogens is 266 g/mol. The summed E-state index contributed by atoms with van der Waals surface area (Å²) in [4.78, 5) is 14.7. The number of nitrogens with one attached hydrogen (secondary N) is 2. The van der Waals surface area contributed by atoms with Crippen molar-refractivity contribution in [3.05, 3.63) is 35.9 Å². The van der Waals surface area contributed by atoms with Gasteiger partial charge in [-0.3, -0.25) is 10.2 Å². The number of benzene rings is 1. The van der Waals surface area contributed by atoms with Crippen LogP contribution in [0.1, 0.15) is 18.4 Å². The van der Waals surface area contributed by atoms with Crippen molar-refractivity contribution in [3.8, 4) is 0 Å². The molecule has 0 saturated carbocycles. The molecule has 2 heterocycles. The van der Waals surface area contributed by atoms with Gasteiger partial charge in [0.25, 0.3) is 0 Å². The van der Waals surface area contributed by atoms with E-state index in [0.29, 0.717) is 6.61 Å². The SMILES string of the molecule is O=C(C1CCNN1)N(CCc1ccccc1)C1CCOC1. The molecule has 0 aliphatic carbocycles. The minimum Gasteiger partial charge on any atom is -0.379 e. The molecule has 2 aliphatic heterocycles. The van der Waals surface area contributed by atoms with Crippen molar-refractivity contribution >= 4 is 5.91 Å². The first-order valence-corrected chi connectivity index (χ1v) is 7.75. The van der Waals surface area contributed by atoms with Gasteiger partial charge in [0.15, 0.2) is 0 Å². The summed E-state index contributed by atoms with van der Waals surface area (Å²) in [5, 5.41) is 0. The lowest BCUT2D eigenvalue weighted by Crippen LogP contribution is -2.50. The highest BCUT2D eigenvalue weighted by molar-refractivity contribution is 5.82. The van der Waals surface area contributed by atoms with E-state index in [1.165, 1.54) is 5.56 Å². The van der Waals surface area contributed by atoms with Crippen LogP contribution >= 0.6 is 0 Å². The number of nitrogens with zero attached hydrogens (tertiary/aromatic N) is 1. The minimum absolute atomic E-state index is 0.0960. The van der Waals surface area contributed by atoms with Crippen LogP contribution in [-0.4, -0.2) is 49.2 Å². The Morgan fingerprint density at radius 3 is 2.81 bits per heavy atom. The Morgan fingerprint density at radius 1 is 1.29 bits per heavy atom. The Labute approximate surface area is 125 Å². The molecule has 2 fully saturated rings. The summed E-state index contributed by atoms with van der Waals surface area (Å²) in [6.07, 6.45) is 2.69. The lowest BCUT2D eigenvalue weighted by molar-refractivity contribution is -0.135. The zero-order valence-electron chi connectivity index (χ0n) is 12.3. The Hall–Kier alpha value is -1.43. The van der Waals surface area contributed by atoms with Crippen LogP contribution in [0.3, 0.4) is 0 Å². The second-order valence-corrected chi connectivity index (χ2v) is 5.70. The van der Waals surface area contributed by atoms with Gasteiger partial charge in [0.1, 0.15) is 6.04 Å². The number of hydrazine groups is 1. The molecule has 0 radical (unpaired) electrons. The summed E-state index contributed by atoms with van der Waals surface area (Å²) in [6, 6.07) is 10.5. The van der Waals surface area contributed by atoms with E-state index in [2.05, 4.69) is 23.0 Å². The third kappa shape index (κ3) is 3.61. The number of carbonyl (C=O) groups excluding carboxylic acids is 1. The number of rotatable bonds is 5. The van der Waals surface area contributed by atoms with Crippen molar-refractivity contribution in [1.82, 2.24) is 15.8 Å². The summed E-state index contributed by atoms with van der Waals surface area (Å²) >= 11 is 0. The quantitative estimate of drug-likeness (QED) is 0.838. The van der Waals surface area contributed by atoms with Crippen molar-refractivity contribution < 1.29 is 9.53 Å². The van der Waals surface area contributed by atoms with Crippen LogP contribution in [0.25, 0.3) is 0 Å². The van der Waals surface area contributed by atoms with Crippen molar-refractivity contribution in [1.29, 1.82) is 0 Å². The molecule has 21 heavy (non-hydrogen) atoms. The third-order valence-electron chi connectivity index (χ3n) is 4.25. The van der Waals surface area contributed by atoms with E-state index >= 15 is 0 Å². The zero-order valence-corrected chi connectivity index (χ0v) is 12.3. The number of ether oxygens (including phenoxy) is 1. The maximum absolute atomic E-state index is 12.7. The Bertz CT molecular complexity index is 454. The van der Waals surface area contributed by atoms with Gasteiger partial charge in [0.2, 0.25) is 5.91 Å². The monoisotopic (exact) mass is 289 g/mol. The summed E-state index contributed by atoms with van der Waals surface area (Å²) < 4.78 is 5.47. The van der Waals surface area contributed by atoms with E-state index in [1.54, 1.807) is 0 Å². The van der Waals surface area contributed by atoms with Crippen LogP contribution < -0.4 is 10.9 Å². The molecule has 0 bridgehead atoms. The molecule has 2 unspecified atom stereocenters. The molecule has 1 aromatic carbocycles. The van der Waals surface area contributed by atoms with Crippen LogP contribution in [0.4, 0.5) is 0 Å². The van der Waals surface area contributed by atoms with Crippen LogP contribution in [0.15, 0.2) is 30.3 Å². The predicted molar refractivity (Wildman–Crippen MR) is 80.6 cm³/mol. The fourth-order valence-electron chi connectivity index (χ4n) is 3.00. The summed E-state index contributed by atoms with van der Waals surface area (Å²) in [5.41, 5.74) is 7.39. The normalized spacial score (nSPS) is 25.1. The number of hydrogen-bond acceptors (Lipinski definition) is 4. The van der Waals surface area contributed by atoms with Gasteiger partial charge in [-0.25, -0.2) is 5.43 Å². The van der Waals surface area contributed by atoms with Crippen LogP contribution in [0.5, 0.6) is 0 Å². The van der Waals surface area contributed by atoms with Gasteiger partial charge in [-0.2, -0.15) is 0 Å². The topological polar surface area (TPSA) is 53.6 Å². The molecule has 2 atom stereocenters. The minimum atomic E-state index is -0.0960. The van der Waals surface area contributed by atoms with Gasteiger partial charge < -0.3 is 9.64 Å². The maximum atomic E-state index is 12.7. The third-order valence-corrected chi connectivity index (χ3v) is 4.25. The fraction of sp³-hybridized carbons (Fsp3) is 0.562. The highest BCUT2D eigenvalue weighted by Gasteiger charge is 2.32. The summed E-state index contributed by atoms with van der Waals surface area (Å²) in [7, 11) is 0. The van der Waals surface area contributed by atoms with E-state index in [-0.39, 0.29) is 18.0 Å². The second kappa shape index (κ2) is 7.02. The average Bonchev–Trinajstić information content (AvgIpc) is 3.22. The molecule has 2 N–H and O–H groups in total. The molecule has 114 valence electrons. The standard InChI is InChI=1S/C16H23N3O2/c20-16(15-6-9-17-18-15)19(14-8-11-21-12-14)10-7-13-4-2-1-3-5-13/h1-5,14-15,17-18H,6-12H2. The number of hydrogen-bond donors (Lipinski definition) is 2. The van der Waals surface area contributed by atoms with E-state index in [9.17, 15) is 4.79 Å². The van der Waals surface area contributed by atoms with E-state index in [4.69, 9.17) is 4.74 Å². The largest absolute Gasteiger partial charge is 0.379 e. The Balaban J connectivity index is 1.65. The molecule has 2 saturated heterocycles. The van der Waals surface area contributed by atoms with Crippen molar-refractivity contribution in [2.45, 2.75) is 31.3 Å². The van der Waals surface area contributed by atoms with E-state index < -0.39 is 0 Å². The lowest BCUT2D eigenvalue weighted by atomic mass is 10.1. The van der Waals surface area contributed by atoms with Crippen molar-refractivity contribution in [3.63, 3.8) is 0 Å². The van der Waals surface area contributed by atoms with Gasteiger partial charge >= 0.3 is 0 Å².